The normalized spacial score (nSPS) is 13.8. The average molecular weight is 413 g/mol. The molecular formula is C20H19F4NO4. The molecule has 0 aromatic heterocycles. The first kappa shape index (κ1) is 20.8. The Balaban J connectivity index is 1.85. The second-order valence-electron chi connectivity index (χ2n) is 6.67. The zero-order valence-electron chi connectivity index (χ0n) is 15.6. The van der Waals surface area contributed by atoms with Crippen LogP contribution in [0.2, 0.25) is 0 Å². The van der Waals surface area contributed by atoms with E-state index in [4.69, 9.17) is 9.84 Å². The maximum Gasteiger partial charge on any atom is 0.573 e. The molecule has 0 bridgehead atoms. The van der Waals surface area contributed by atoms with Crippen LogP contribution in [0.25, 0.3) is 0 Å². The molecule has 0 saturated carbocycles. The maximum atomic E-state index is 14.7. The summed E-state index contributed by atoms with van der Waals surface area (Å²) in [5, 5.41) is 8.80. The number of nitrogens with zero attached hydrogens (tertiary/aromatic N) is 1. The Morgan fingerprint density at radius 1 is 1.21 bits per heavy atom. The highest BCUT2D eigenvalue weighted by atomic mass is 19.4. The number of carbonyl (C=O) groups is 1. The lowest BCUT2D eigenvalue weighted by Gasteiger charge is -2.32. The number of aryl methyl sites for hydroxylation is 1. The lowest BCUT2D eigenvalue weighted by atomic mass is 9.95. The SMILES string of the molecule is COc1cc(OC(F)(F)F)cc(N2CCc3cc(CCC(=O)O)ccc3C2)c1F. The summed E-state index contributed by atoms with van der Waals surface area (Å²) in [5.74, 6) is -2.53. The van der Waals surface area contributed by atoms with Crippen LogP contribution in [-0.2, 0) is 24.2 Å². The Hall–Kier alpha value is -2.97. The molecule has 0 amide bonds. The third-order valence-electron chi connectivity index (χ3n) is 4.70. The number of methoxy groups -OCH3 is 1. The maximum absolute atomic E-state index is 14.7. The molecule has 0 atom stereocenters. The van der Waals surface area contributed by atoms with Crippen molar-refractivity contribution < 1.29 is 36.9 Å². The molecule has 1 aliphatic heterocycles. The predicted octanol–water partition coefficient (Wildman–Crippen LogP) is 4.31. The number of hydrogen-bond acceptors (Lipinski definition) is 4. The summed E-state index contributed by atoms with van der Waals surface area (Å²) < 4.78 is 61.3. The Bertz CT molecular complexity index is 914. The van der Waals surface area contributed by atoms with Gasteiger partial charge in [-0.05, 0) is 29.5 Å². The van der Waals surface area contributed by atoms with Crippen molar-refractivity contribution in [2.24, 2.45) is 0 Å². The van der Waals surface area contributed by atoms with Crippen LogP contribution in [-0.4, -0.2) is 31.1 Å². The second-order valence-corrected chi connectivity index (χ2v) is 6.67. The summed E-state index contributed by atoms with van der Waals surface area (Å²) in [6, 6.07) is 7.45. The predicted molar refractivity (Wildman–Crippen MR) is 96.8 cm³/mol. The lowest BCUT2D eigenvalue weighted by Crippen LogP contribution is -2.31. The van der Waals surface area contributed by atoms with Crippen LogP contribution in [0.5, 0.6) is 11.5 Å². The van der Waals surface area contributed by atoms with E-state index in [-0.39, 0.29) is 17.9 Å². The summed E-state index contributed by atoms with van der Waals surface area (Å²) >= 11 is 0. The first-order chi connectivity index (χ1) is 13.7. The highest BCUT2D eigenvalue weighted by Crippen LogP contribution is 2.37. The standard InChI is InChI=1S/C20H19F4NO4/c1-28-17-10-15(29-20(22,23)24)9-16(19(17)21)25-7-6-13-8-12(3-5-18(26)27)2-4-14(13)11-25/h2,4,8-10H,3,5-7,11H2,1H3,(H,26,27). The fourth-order valence-electron chi connectivity index (χ4n) is 3.35. The fourth-order valence-corrected chi connectivity index (χ4v) is 3.35. The van der Waals surface area contributed by atoms with E-state index in [2.05, 4.69) is 4.74 Å². The smallest absolute Gasteiger partial charge is 0.493 e. The summed E-state index contributed by atoms with van der Waals surface area (Å²) in [6.45, 7) is 0.676. The van der Waals surface area contributed by atoms with Gasteiger partial charge in [-0.2, -0.15) is 0 Å². The molecule has 1 aliphatic rings. The van der Waals surface area contributed by atoms with Crippen LogP contribution in [0.1, 0.15) is 23.1 Å². The van der Waals surface area contributed by atoms with E-state index in [1.807, 2.05) is 18.2 Å². The minimum Gasteiger partial charge on any atom is -0.493 e. The number of rotatable bonds is 6. The number of carboxylic acids is 1. The van der Waals surface area contributed by atoms with Gasteiger partial charge in [0.2, 0.25) is 0 Å². The molecule has 1 N–H and O–H groups in total. The van der Waals surface area contributed by atoms with Crippen LogP contribution in [0, 0.1) is 5.82 Å². The molecule has 5 nitrogen and oxygen atoms in total. The molecule has 2 aromatic carbocycles. The van der Waals surface area contributed by atoms with Gasteiger partial charge in [0.15, 0.2) is 11.6 Å². The van der Waals surface area contributed by atoms with Crippen LogP contribution < -0.4 is 14.4 Å². The monoisotopic (exact) mass is 413 g/mol. The minimum absolute atomic E-state index is 0.0297. The van der Waals surface area contributed by atoms with E-state index in [9.17, 15) is 22.4 Å². The number of aliphatic carboxylic acids is 1. The number of anilines is 1. The molecule has 3 rings (SSSR count). The van der Waals surface area contributed by atoms with Crippen molar-refractivity contribution in [2.45, 2.75) is 32.2 Å². The van der Waals surface area contributed by atoms with Crippen molar-refractivity contribution in [2.75, 3.05) is 18.6 Å². The molecule has 2 aromatic rings. The zero-order valence-corrected chi connectivity index (χ0v) is 15.6. The quantitative estimate of drug-likeness (QED) is 0.715. The molecular weight excluding hydrogens is 394 g/mol. The van der Waals surface area contributed by atoms with E-state index in [0.717, 1.165) is 28.8 Å². The summed E-state index contributed by atoms with van der Waals surface area (Å²) in [5.41, 5.74) is 2.77. The molecule has 0 saturated heterocycles. The third-order valence-corrected chi connectivity index (χ3v) is 4.70. The Kier molecular flexibility index (Phi) is 5.86. The van der Waals surface area contributed by atoms with Gasteiger partial charge in [0, 0.05) is 31.6 Å². The summed E-state index contributed by atoms with van der Waals surface area (Å²) in [7, 11) is 1.17. The van der Waals surface area contributed by atoms with E-state index in [0.29, 0.717) is 25.9 Å². The van der Waals surface area contributed by atoms with E-state index in [1.165, 1.54) is 7.11 Å². The Morgan fingerprint density at radius 3 is 2.62 bits per heavy atom. The topological polar surface area (TPSA) is 59.0 Å². The molecule has 0 unspecified atom stereocenters. The molecule has 156 valence electrons. The summed E-state index contributed by atoms with van der Waals surface area (Å²) in [4.78, 5) is 12.4. The Morgan fingerprint density at radius 2 is 1.97 bits per heavy atom. The zero-order chi connectivity index (χ0) is 21.2. The fraction of sp³-hybridized carbons (Fsp3) is 0.350. The third kappa shape index (κ3) is 5.10. The number of hydrogen-bond donors (Lipinski definition) is 1. The van der Waals surface area contributed by atoms with Crippen molar-refractivity contribution in [3.8, 4) is 11.5 Å². The molecule has 1 heterocycles. The number of fused-ring (bicyclic) bond motifs is 1. The van der Waals surface area contributed by atoms with Gasteiger partial charge in [0.1, 0.15) is 5.75 Å². The first-order valence-electron chi connectivity index (χ1n) is 8.87. The van der Waals surface area contributed by atoms with Crippen molar-refractivity contribution in [3.63, 3.8) is 0 Å². The van der Waals surface area contributed by atoms with Crippen LogP contribution in [0.4, 0.5) is 23.2 Å². The number of benzene rings is 2. The molecule has 0 aliphatic carbocycles. The lowest BCUT2D eigenvalue weighted by molar-refractivity contribution is -0.274. The highest BCUT2D eigenvalue weighted by molar-refractivity contribution is 5.67. The number of halogens is 4. The van der Waals surface area contributed by atoms with Gasteiger partial charge < -0.3 is 19.5 Å². The van der Waals surface area contributed by atoms with Crippen LogP contribution in [0.3, 0.4) is 0 Å². The van der Waals surface area contributed by atoms with Gasteiger partial charge in [-0.1, -0.05) is 18.2 Å². The van der Waals surface area contributed by atoms with E-state index >= 15 is 0 Å². The first-order valence-corrected chi connectivity index (χ1v) is 8.87. The summed E-state index contributed by atoms with van der Waals surface area (Å²) in [6.07, 6.45) is -3.92. The largest absolute Gasteiger partial charge is 0.573 e. The van der Waals surface area contributed by atoms with Crippen molar-refractivity contribution in [1.82, 2.24) is 0 Å². The van der Waals surface area contributed by atoms with E-state index < -0.39 is 23.9 Å². The number of alkyl halides is 3. The molecule has 0 spiro atoms. The number of carboxylic acid groups (broad SMARTS) is 1. The van der Waals surface area contributed by atoms with Gasteiger partial charge in [0.25, 0.3) is 0 Å². The second kappa shape index (κ2) is 8.18. The van der Waals surface area contributed by atoms with Crippen LogP contribution >= 0.6 is 0 Å². The van der Waals surface area contributed by atoms with Gasteiger partial charge in [0.05, 0.1) is 12.8 Å². The average Bonchev–Trinajstić information content (AvgIpc) is 2.65. The van der Waals surface area contributed by atoms with Crippen molar-refractivity contribution >= 4 is 11.7 Å². The molecule has 9 heteroatoms. The van der Waals surface area contributed by atoms with E-state index in [1.54, 1.807) is 4.90 Å². The van der Waals surface area contributed by atoms with Crippen molar-refractivity contribution in [3.05, 3.63) is 52.8 Å². The van der Waals surface area contributed by atoms with Gasteiger partial charge in [-0.3, -0.25) is 4.79 Å². The number of ether oxygens (including phenoxy) is 2. The van der Waals surface area contributed by atoms with Gasteiger partial charge in [-0.25, -0.2) is 4.39 Å². The van der Waals surface area contributed by atoms with Gasteiger partial charge >= 0.3 is 12.3 Å². The Labute approximate surface area is 164 Å². The van der Waals surface area contributed by atoms with Crippen molar-refractivity contribution in [1.29, 1.82) is 0 Å². The molecule has 29 heavy (non-hydrogen) atoms. The minimum atomic E-state index is -4.90. The molecule has 0 fully saturated rings. The van der Waals surface area contributed by atoms with Crippen LogP contribution in [0.15, 0.2) is 30.3 Å². The van der Waals surface area contributed by atoms with Gasteiger partial charge in [-0.15, -0.1) is 13.2 Å². The molecule has 0 radical (unpaired) electrons. The highest BCUT2D eigenvalue weighted by Gasteiger charge is 2.32.